The van der Waals surface area contributed by atoms with Crippen molar-refractivity contribution in [3.63, 3.8) is 0 Å². The van der Waals surface area contributed by atoms with Gasteiger partial charge in [-0.15, -0.1) is 11.8 Å². The average molecular weight is 469 g/mol. The molecule has 2 aromatic carbocycles. The Hall–Kier alpha value is -2.71. The number of rotatable bonds is 7. The summed E-state index contributed by atoms with van der Waals surface area (Å²) in [5.74, 6) is 0.545. The molecular formula is C24H25FN4OS2. The van der Waals surface area contributed by atoms with Gasteiger partial charge in [0.15, 0.2) is 5.11 Å². The van der Waals surface area contributed by atoms with Crippen LogP contribution >= 0.6 is 24.0 Å². The van der Waals surface area contributed by atoms with Gasteiger partial charge < -0.3 is 14.7 Å². The normalized spacial score (nSPS) is 16.4. The standard InChI is InChI=1S/C24H25FN4OS2/c1-4-5-14-29-15(2)20(21(26-24(29)31)16-8-12-19(32-3)13-9-16)23-27-22(28-30-23)17-6-10-18(25)11-7-17/h6-13,21H,4-5,14H2,1-3H3,(H,26,31). The fraction of sp³-hybridized carbons (Fsp3) is 0.292. The van der Waals surface area contributed by atoms with Crippen LogP contribution in [0.4, 0.5) is 4.39 Å². The van der Waals surface area contributed by atoms with E-state index < -0.39 is 0 Å². The van der Waals surface area contributed by atoms with E-state index in [0.717, 1.165) is 36.2 Å². The number of aromatic nitrogens is 2. The van der Waals surface area contributed by atoms with E-state index in [2.05, 4.69) is 57.8 Å². The number of unbranched alkanes of at least 4 members (excludes halogenated alkanes) is 1. The van der Waals surface area contributed by atoms with Gasteiger partial charge in [0.2, 0.25) is 5.82 Å². The lowest BCUT2D eigenvalue weighted by Crippen LogP contribution is -2.46. The third-order valence-electron chi connectivity index (χ3n) is 5.54. The minimum atomic E-state index is -0.304. The molecule has 3 aromatic rings. The van der Waals surface area contributed by atoms with Crippen LogP contribution in [0.2, 0.25) is 0 Å². The van der Waals surface area contributed by atoms with Crippen LogP contribution in [0, 0.1) is 5.82 Å². The van der Waals surface area contributed by atoms with Crippen LogP contribution in [-0.2, 0) is 0 Å². The second-order valence-electron chi connectivity index (χ2n) is 7.59. The molecule has 2 heterocycles. The highest BCUT2D eigenvalue weighted by atomic mass is 32.2. The van der Waals surface area contributed by atoms with E-state index in [1.54, 1.807) is 23.9 Å². The van der Waals surface area contributed by atoms with Crippen LogP contribution in [0.15, 0.2) is 63.6 Å². The Morgan fingerprint density at radius 3 is 2.53 bits per heavy atom. The fourth-order valence-electron chi connectivity index (χ4n) is 3.74. The summed E-state index contributed by atoms with van der Waals surface area (Å²) in [7, 11) is 0. The molecule has 0 fully saturated rings. The van der Waals surface area contributed by atoms with E-state index in [4.69, 9.17) is 16.7 Å². The number of nitrogens with one attached hydrogen (secondary N) is 1. The minimum Gasteiger partial charge on any atom is -0.351 e. The average Bonchev–Trinajstić information content (AvgIpc) is 3.29. The SMILES string of the molecule is CCCCN1C(=S)NC(c2ccc(SC)cc2)C(c2nc(-c3ccc(F)cc3)no2)=C1C. The smallest absolute Gasteiger partial charge is 0.258 e. The molecule has 0 aliphatic carbocycles. The molecule has 8 heteroatoms. The molecule has 0 saturated carbocycles. The lowest BCUT2D eigenvalue weighted by Gasteiger charge is -2.37. The van der Waals surface area contributed by atoms with E-state index >= 15 is 0 Å². The molecule has 1 aromatic heterocycles. The molecule has 5 nitrogen and oxygen atoms in total. The third-order valence-corrected chi connectivity index (χ3v) is 6.62. The molecule has 166 valence electrons. The van der Waals surface area contributed by atoms with Gasteiger partial charge in [0, 0.05) is 22.7 Å². The Balaban J connectivity index is 1.77. The first-order chi connectivity index (χ1) is 15.5. The number of nitrogens with zero attached hydrogens (tertiary/aromatic N) is 3. The largest absolute Gasteiger partial charge is 0.351 e. The fourth-order valence-corrected chi connectivity index (χ4v) is 4.49. The Morgan fingerprint density at radius 1 is 1.16 bits per heavy atom. The third kappa shape index (κ3) is 4.56. The van der Waals surface area contributed by atoms with E-state index in [9.17, 15) is 4.39 Å². The first-order valence-corrected chi connectivity index (χ1v) is 12.2. The van der Waals surface area contributed by atoms with Crippen LogP contribution in [0.5, 0.6) is 0 Å². The second kappa shape index (κ2) is 9.83. The Morgan fingerprint density at radius 2 is 1.88 bits per heavy atom. The highest BCUT2D eigenvalue weighted by Crippen LogP contribution is 2.38. The predicted octanol–water partition coefficient (Wildman–Crippen LogP) is 6.06. The van der Waals surface area contributed by atoms with Gasteiger partial charge in [-0.25, -0.2) is 4.39 Å². The molecule has 0 saturated heterocycles. The summed E-state index contributed by atoms with van der Waals surface area (Å²) in [5, 5.41) is 8.33. The lowest BCUT2D eigenvalue weighted by molar-refractivity contribution is 0.395. The maximum absolute atomic E-state index is 13.3. The van der Waals surface area contributed by atoms with Crippen LogP contribution in [0.3, 0.4) is 0 Å². The molecule has 4 rings (SSSR count). The summed E-state index contributed by atoms with van der Waals surface area (Å²) in [6, 6.07) is 14.2. The Kier molecular flexibility index (Phi) is 6.91. The lowest BCUT2D eigenvalue weighted by atomic mass is 9.94. The summed E-state index contributed by atoms with van der Waals surface area (Å²) in [6.07, 6.45) is 4.14. The van der Waals surface area contributed by atoms with Crippen molar-refractivity contribution in [3.05, 3.63) is 71.5 Å². The van der Waals surface area contributed by atoms with E-state index in [0.29, 0.717) is 22.4 Å². The zero-order valence-electron chi connectivity index (χ0n) is 18.3. The quantitative estimate of drug-likeness (QED) is 0.334. The number of halogens is 1. The summed E-state index contributed by atoms with van der Waals surface area (Å²) < 4.78 is 19.0. The Bertz CT molecular complexity index is 1130. The molecule has 0 spiro atoms. The molecule has 1 atom stereocenters. The summed E-state index contributed by atoms with van der Waals surface area (Å²) in [6.45, 7) is 5.02. The molecule has 1 N–H and O–H groups in total. The van der Waals surface area contributed by atoms with Gasteiger partial charge in [-0.3, -0.25) is 0 Å². The van der Waals surface area contributed by atoms with E-state index in [-0.39, 0.29) is 11.9 Å². The Labute approximate surface area is 197 Å². The first-order valence-electron chi connectivity index (χ1n) is 10.5. The minimum absolute atomic E-state index is 0.210. The molecule has 1 aliphatic rings. The van der Waals surface area contributed by atoms with Gasteiger partial charge in [-0.05, 0) is 73.8 Å². The predicted molar refractivity (Wildman–Crippen MR) is 131 cm³/mol. The molecule has 1 aliphatic heterocycles. The number of hydrogen-bond acceptors (Lipinski definition) is 5. The van der Waals surface area contributed by atoms with Crippen LogP contribution in [0.1, 0.15) is 44.2 Å². The molecule has 0 amide bonds. The first kappa shape index (κ1) is 22.5. The van der Waals surface area contributed by atoms with Crippen molar-refractivity contribution in [3.8, 4) is 11.4 Å². The highest BCUT2D eigenvalue weighted by molar-refractivity contribution is 7.98. The molecular weight excluding hydrogens is 443 g/mol. The van der Waals surface area contributed by atoms with Crippen molar-refractivity contribution < 1.29 is 8.91 Å². The van der Waals surface area contributed by atoms with E-state index in [1.807, 2.05) is 6.92 Å². The number of allylic oxidation sites excluding steroid dienone is 1. The summed E-state index contributed by atoms with van der Waals surface area (Å²) >= 11 is 7.41. The highest BCUT2D eigenvalue weighted by Gasteiger charge is 2.33. The zero-order valence-corrected chi connectivity index (χ0v) is 19.9. The van der Waals surface area contributed by atoms with Crippen molar-refractivity contribution in [2.24, 2.45) is 0 Å². The summed E-state index contributed by atoms with van der Waals surface area (Å²) in [5.41, 5.74) is 3.65. The van der Waals surface area contributed by atoms with Crippen LogP contribution < -0.4 is 5.32 Å². The van der Waals surface area contributed by atoms with Gasteiger partial charge in [-0.1, -0.05) is 30.6 Å². The van der Waals surface area contributed by atoms with Gasteiger partial charge in [0.1, 0.15) is 5.82 Å². The maximum atomic E-state index is 13.3. The number of thiocarbonyl (C=S) groups is 1. The number of thioether (sulfide) groups is 1. The van der Waals surface area contributed by atoms with Crippen molar-refractivity contribution in [1.29, 1.82) is 0 Å². The van der Waals surface area contributed by atoms with Crippen LogP contribution in [-0.4, -0.2) is 33.0 Å². The van der Waals surface area contributed by atoms with Gasteiger partial charge in [0.05, 0.1) is 11.6 Å². The molecule has 0 radical (unpaired) electrons. The van der Waals surface area contributed by atoms with E-state index in [1.165, 1.54) is 17.0 Å². The van der Waals surface area contributed by atoms with Crippen molar-refractivity contribution in [1.82, 2.24) is 20.4 Å². The zero-order chi connectivity index (χ0) is 22.7. The molecule has 0 bridgehead atoms. The molecule has 32 heavy (non-hydrogen) atoms. The number of benzene rings is 2. The molecule has 1 unspecified atom stereocenters. The topological polar surface area (TPSA) is 54.2 Å². The number of hydrogen-bond donors (Lipinski definition) is 1. The van der Waals surface area contributed by atoms with Gasteiger partial charge >= 0.3 is 0 Å². The maximum Gasteiger partial charge on any atom is 0.258 e. The summed E-state index contributed by atoms with van der Waals surface area (Å²) in [4.78, 5) is 7.95. The van der Waals surface area contributed by atoms with Crippen molar-refractivity contribution >= 4 is 34.7 Å². The monoisotopic (exact) mass is 468 g/mol. The van der Waals surface area contributed by atoms with Crippen molar-refractivity contribution in [2.45, 2.75) is 37.6 Å². The van der Waals surface area contributed by atoms with Gasteiger partial charge in [0.25, 0.3) is 5.89 Å². The van der Waals surface area contributed by atoms with Crippen molar-refractivity contribution in [2.75, 3.05) is 12.8 Å². The van der Waals surface area contributed by atoms with Gasteiger partial charge in [-0.2, -0.15) is 4.98 Å². The second-order valence-corrected chi connectivity index (χ2v) is 8.86. The van der Waals surface area contributed by atoms with Crippen LogP contribution in [0.25, 0.3) is 17.0 Å².